The number of allylic oxidation sites excluding steroid dienone is 15. The molecule has 95 heavy (non-hydrogen) atoms. The molecule has 2 heterocycles. The summed E-state index contributed by atoms with van der Waals surface area (Å²) in [6.45, 7) is 2.69. The van der Waals surface area contributed by atoms with Crippen LogP contribution >= 0.6 is 0 Å². The Labute approximate surface area is 579 Å². The molecule has 0 bridgehead atoms. The van der Waals surface area contributed by atoms with Gasteiger partial charge in [0.1, 0.15) is 48.8 Å². The van der Waals surface area contributed by atoms with Crippen LogP contribution in [-0.4, -0.2) is 140 Å². The van der Waals surface area contributed by atoms with E-state index in [9.17, 15) is 45.6 Å². The average molecular weight is 1340 g/mol. The fraction of sp³-hybridized carbons (Fsp3) is 0.790. The molecule has 2 rings (SSSR count). The first-order valence-corrected chi connectivity index (χ1v) is 39.0. The molecule has 12 atom stereocenters. The van der Waals surface area contributed by atoms with E-state index in [1.807, 2.05) is 6.08 Å². The van der Waals surface area contributed by atoms with Gasteiger partial charge in [0, 0.05) is 6.42 Å². The molecular weight excluding hydrogens is 1190 g/mol. The summed E-state index contributed by atoms with van der Waals surface area (Å²) in [5, 5.41) is 87.5. The molecular formula is C81H143NO13. The molecule has 12 unspecified atom stereocenters. The van der Waals surface area contributed by atoms with Crippen molar-refractivity contribution < 1.29 is 64.6 Å². The Morgan fingerprint density at radius 2 is 0.737 bits per heavy atom. The van der Waals surface area contributed by atoms with Crippen LogP contribution in [0, 0.1) is 0 Å². The smallest absolute Gasteiger partial charge is 0.220 e. The first kappa shape index (κ1) is 88.0. The maximum Gasteiger partial charge on any atom is 0.220 e. The number of aliphatic hydroxyl groups excluding tert-OH is 8. The molecule has 0 spiro atoms. The third-order valence-electron chi connectivity index (χ3n) is 18.5. The van der Waals surface area contributed by atoms with Gasteiger partial charge in [-0.25, -0.2) is 0 Å². The van der Waals surface area contributed by atoms with Gasteiger partial charge in [-0.1, -0.05) is 317 Å². The lowest BCUT2D eigenvalue weighted by atomic mass is 9.97. The van der Waals surface area contributed by atoms with Crippen molar-refractivity contribution in [2.24, 2.45) is 0 Å². The Kier molecular flexibility index (Phi) is 59.6. The van der Waals surface area contributed by atoms with Crippen molar-refractivity contribution in [1.82, 2.24) is 5.32 Å². The standard InChI is InChI=1S/C81H143NO13/c1-3-5-7-9-11-13-15-17-19-21-23-25-26-27-28-29-30-31-32-33-34-35-36-37-38-39-40-41-42-43-44-45-47-49-51-53-55-57-59-61-63-65-73(86)82-69(70(85)64-62-60-58-56-54-52-50-48-46-24-22-20-18-16-14-12-10-8-6-4-2)68-92-80-78(91)76(89)79(72(67-84)94-80)95-81-77(90)75(88)74(87)71(66-83)93-81/h5,7,11,13,17,19,23,25,27-28,46,48,54,56,62,64,69-72,74-81,83-85,87-91H,3-4,6,8-10,12,14-16,18,20-22,24,26,29-45,47,49-53,55,57-61,63,65-68H2,1-2H3,(H,82,86)/b7-5-,13-11-,19-17-,25-23-,28-27-,48-46+,56-54+,64-62+. The molecule has 2 aliphatic heterocycles. The molecule has 0 aromatic heterocycles. The first-order valence-electron chi connectivity index (χ1n) is 39.0. The van der Waals surface area contributed by atoms with Crippen LogP contribution in [0.5, 0.6) is 0 Å². The highest BCUT2D eigenvalue weighted by molar-refractivity contribution is 5.76. The highest BCUT2D eigenvalue weighted by Gasteiger charge is 2.51. The van der Waals surface area contributed by atoms with E-state index in [-0.39, 0.29) is 18.9 Å². The van der Waals surface area contributed by atoms with E-state index < -0.39 is 86.8 Å². The van der Waals surface area contributed by atoms with Gasteiger partial charge in [-0.15, -0.1) is 0 Å². The van der Waals surface area contributed by atoms with Gasteiger partial charge < -0.3 is 65.1 Å². The van der Waals surface area contributed by atoms with Gasteiger partial charge in [-0.2, -0.15) is 0 Å². The Hall–Kier alpha value is -3.09. The molecule has 550 valence electrons. The lowest BCUT2D eigenvalue weighted by Gasteiger charge is -2.46. The van der Waals surface area contributed by atoms with E-state index in [1.54, 1.807) is 6.08 Å². The monoisotopic (exact) mass is 1340 g/mol. The predicted molar refractivity (Wildman–Crippen MR) is 392 cm³/mol. The number of aliphatic hydroxyl groups is 8. The number of hydrogen-bond acceptors (Lipinski definition) is 13. The van der Waals surface area contributed by atoms with E-state index in [4.69, 9.17) is 18.9 Å². The van der Waals surface area contributed by atoms with Crippen LogP contribution in [-0.2, 0) is 23.7 Å². The molecule has 2 saturated heterocycles. The van der Waals surface area contributed by atoms with Gasteiger partial charge in [-0.05, 0) is 89.9 Å². The highest BCUT2D eigenvalue weighted by atomic mass is 16.7. The highest BCUT2D eigenvalue weighted by Crippen LogP contribution is 2.30. The van der Waals surface area contributed by atoms with Crippen LogP contribution in [0.3, 0.4) is 0 Å². The minimum Gasteiger partial charge on any atom is -0.394 e. The Balaban J connectivity index is 1.58. The number of unbranched alkanes of at least 4 members (excludes halogenated alkanes) is 37. The summed E-state index contributed by atoms with van der Waals surface area (Å²) in [6, 6.07) is -0.941. The molecule has 0 aromatic carbocycles. The number of hydrogen-bond donors (Lipinski definition) is 9. The van der Waals surface area contributed by atoms with E-state index >= 15 is 0 Å². The van der Waals surface area contributed by atoms with Crippen molar-refractivity contribution in [3.8, 4) is 0 Å². The Morgan fingerprint density at radius 1 is 0.389 bits per heavy atom. The van der Waals surface area contributed by atoms with E-state index in [1.165, 1.54) is 205 Å². The van der Waals surface area contributed by atoms with Crippen LogP contribution in [0.25, 0.3) is 0 Å². The largest absolute Gasteiger partial charge is 0.394 e. The number of rotatable bonds is 64. The lowest BCUT2D eigenvalue weighted by Crippen LogP contribution is -2.65. The molecule has 14 heteroatoms. The summed E-state index contributed by atoms with van der Waals surface area (Å²) in [7, 11) is 0. The van der Waals surface area contributed by atoms with Crippen LogP contribution in [0.15, 0.2) is 97.2 Å². The third-order valence-corrected chi connectivity index (χ3v) is 18.5. The second-order valence-corrected chi connectivity index (χ2v) is 27.1. The summed E-state index contributed by atoms with van der Waals surface area (Å²) in [6.07, 6.45) is 75.0. The normalized spacial score (nSPS) is 22.9. The number of carbonyl (C=O) groups is 1. The molecule has 2 fully saturated rings. The first-order chi connectivity index (χ1) is 46.6. The molecule has 0 saturated carbocycles. The molecule has 9 N–H and O–H groups in total. The van der Waals surface area contributed by atoms with Crippen molar-refractivity contribution >= 4 is 5.91 Å². The minimum atomic E-state index is -1.80. The molecule has 0 aliphatic carbocycles. The SMILES string of the molecule is CC/C=C\C/C=C\C/C=C\C/C=C\C/C=C\CCCCCCCCCCCCCCCCCCCCCCCCCCCC(=O)NC(COC1OC(CO)C(OC2OC(CO)C(O)C(O)C2O)C(O)C1O)C(O)/C=C/CC/C=C/CC/C=C/CCCCCCCCCCCC. The lowest BCUT2D eigenvalue weighted by molar-refractivity contribution is -0.359. The maximum atomic E-state index is 13.4. The Morgan fingerprint density at radius 3 is 1.16 bits per heavy atom. The zero-order chi connectivity index (χ0) is 68.7. The number of nitrogens with one attached hydrogen (secondary N) is 1. The fourth-order valence-corrected chi connectivity index (χ4v) is 12.4. The van der Waals surface area contributed by atoms with E-state index in [0.29, 0.717) is 12.8 Å². The second-order valence-electron chi connectivity index (χ2n) is 27.1. The van der Waals surface area contributed by atoms with Crippen LogP contribution in [0.2, 0.25) is 0 Å². The average Bonchev–Trinajstić information content (AvgIpc) is 0.897. The molecule has 2 aliphatic rings. The van der Waals surface area contributed by atoms with Crippen molar-refractivity contribution in [2.75, 3.05) is 19.8 Å². The summed E-state index contributed by atoms with van der Waals surface area (Å²) < 4.78 is 22.9. The van der Waals surface area contributed by atoms with Crippen molar-refractivity contribution in [2.45, 2.75) is 389 Å². The second kappa shape index (κ2) is 64.3. The summed E-state index contributed by atoms with van der Waals surface area (Å²) >= 11 is 0. The van der Waals surface area contributed by atoms with Gasteiger partial charge in [-0.3, -0.25) is 4.79 Å². The van der Waals surface area contributed by atoms with Gasteiger partial charge in [0.2, 0.25) is 5.91 Å². The van der Waals surface area contributed by atoms with Gasteiger partial charge in [0.05, 0.1) is 32.0 Å². The predicted octanol–water partition coefficient (Wildman–Crippen LogP) is 17.3. The van der Waals surface area contributed by atoms with Gasteiger partial charge in [0.15, 0.2) is 12.6 Å². The quantitative estimate of drug-likeness (QED) is 0.0204. The van der Waals surface area contributed by atoms with Gasteiger partial charge >= 0.3 is 0 Å². The van der Waals surface area contributed by atoms with Crippen molar-refractivity contribution in [1.29, 1.82) is 0 Å². The zero-order valence-electron chi connectivity index (χ0n) is 60.1. The molecule has 14 nitrogen and oxygen atoms in total. The van der Waals surface area contributed by atoms with Gasteiger partial charge in [0.25, 0.3) is 0 Å². The van der Waals surface area contributed by atoms with Crippen molar-refractivity contribution in [3.63, 3.8) is 0 Å². The topological polar surface area (TPSA) is 228 Å². The van der Waals surface area contributed by atoms with Crippen LogP contribution < -0.4 is 5.32 Å². The maximum absolute atomic E-state index is 13.4. The fourth-order valence-electron chi connectivity index (χ4n) is 12.4. The number of ether oxygens (including phenoxy) is 4. The number of amides is 1. The van der Waals surface area contributed by atoms with E-state index in [2.05, 4.69) is 104 Å². The summed E-state index contributed by atoms with van der Waals surface area (Å²) in [4.78, 5) is 13.4. The van der Waals surface area contributed by atoms with Crippen molar-refractivity contribution in [3.05, 3.63) is 97.2 Å². The van der Waals surface area contributed by atoms with E-state index in [0.717, 1.165) is 77.0 Å². The zero-order valence-corrected chi connectivity index (χ0v) is 60.1. The molecule has 1 amide bonds. The minimum absolute atomic E-state index is 0.250. The summed E-state index contributed by atoms with van der Waals surface area (Å²) in [5.74, 6) is -0.250. The molecule has 0 radical (unpaired) electrons. The van der Waals surface area contributed by atoms with Crippen LogP contribution in [0.4, 0.5) is 0 Å². The number of carbonyl (C=O) groups excluding carboxylic acids is 1. The van der Waals surface area contributed by atoms with Crippen LogP contribution in [0.1, 0.15) is 316 Å². The molecule has 0 aromatic rings. The summed E-state index contributed by atoms with van der Waals surface area (Å²) in [5.41, 5.74) is 0. The Bertz CT molecular complexity index is 1970. The third kappa shape index (κ3) is 47.6.